The van der Waals surface area contributed by atoms with Gasteiger partial charge in [-0.05, 0) is 48.8 Å². The Labute approximate surface area is 138 Å². The number of nitrogens with one attached hydrogen (secondary N) is 1. The average Bonchev–Trinajstić information content (AvgIpc) is 2.44. The average molecular weight is 376 g/mol. The molecule has 0 aromatic heterocycles. The van der Waals surface area contributed by atoms with Gasteiger partial charge in [0, 0.05) is 18.7 Å². The van der Waals surface area contributed by atoms with Gasteiger partial charge in [0.1, 0.15) is 11.0 Å². The number of rotatable bonds is 6. The Hall–Kier alpha value is -1.21. The van der Waals surface area contributed by atoms with Crippen LogP contribution in [0.3, 0.4) is 0 Å². The number of likely N-dealkylation sites (N-methyl/N-ethyl adjacent to an activating group) is 1. The van der Waals surface area contributed by atoms with Gasteiger partial charge >= 0.3 is 0 Å². The molecule has 1 unspecified atom stereocenters. The molecule has 1 aromatic carbocycles. The molecule has 0 heterocycles. The Morgan fingerprint density at radius 3 is 2.52 bits per heavy atom. The number of carbonyl (C=O) groups excluding carboxylic acids is 1. The van der Waals surface area contributed by atoms with Crippen molar-refractivity contribution in [1.82, 2.24) is 4.90 Å². The minimum absolute atomic E-state index is 0.0751. The molecule has 0 fully saturated rings. The van der Waals surface area contributed by atoms with Gasteiger partial charge in [-0.1, -0.05) is 12.2 Å². The summed E-state index contributed by atoms with van der Waals surface area (Å²) >= 11 is 7.98. The zero-order valence-electron chi connectivity index (χ0n) is 12.2. The number of benzene rings is 1. The molecule has 0 spiro atoms. The first-order valence-corrected chi connectivity index (χ1v) is 7.86. The van der Waals surface area contributed by atoms with E-state index in [1.54, 1.807) is 17.9 Å². The van der Waals surface area contributed by atoms with Gasteiger partial charge in [0.05, 0.1) is 10.2 Å². The Balaban J connectivity index is 2.96. The highest BCUT2D eigenvalue weighted by atomic mass is 79.9. The molecule has 21 heavy (non-hydrogen) atoms. The highest BCUT2D eigenvalue weighted by molar-refractivity contribution is 9.10. The molecule has 0 radical (unpaired) electrons. The summed E-state index contributed by atoms with van der Waals surface area (Å²) in [5, 5.41) is 2.89. The monoisotopic (exact) mass is 375 g/mol. The molecular weight excluding hydrogens is 357 g/mol. The van der Waals surface area contributed by atoms with Gasteiger partial charge in [-0.3, -0.25) is 4.79 Å². The summed E-state index contributed by atoms with van der Waals surface area (Å²) in [7, 11) is 0. The zero-order valence-corrected chi connectivity index (χ0v) is 14.6. The first-order chi connectivity index (χ1) is 9.83. The zero-order chi connectivity index (χ0) is 16.2. The minimum Gasteiger partial charge on any atom is -0.389 e. The predicted molar refractivity (Wildman–Crippen MR) is 91.0 cm³/mol. The van der Waals surface area contributed by atoms with Crippen molar-refractivity contribution in [2.75, 3.05) is 18.4 Å². The van der Waals surface area contributed by atoms with Crippen molar-refractivity contribution < 1.29 is 9.18 Å². The van der Waals surface area contributed by atoms with Crippen LogP contribution in [-0.2, 0) is 4.79 Å². The van der Waals surface area contributed by atoms with Gasteiger partial charge in [0.25, 0.3) is 0 Å². The van der Waals surface area contributed by atoms with Crippen molar-refractivity contribution in [3.63, 3.8) is 0 Å². The van der Waals surface area contributed by atoms with E-state index in [1.807, 2.05) is 13.8 Å². The van der Waals surface area contributed by atoms with E-state index in [-0.39, 0.29) is 21.1 Å². The van der Waals surface area contributed by atoms with Gasteiger partial charge in [0.2, 0.25) is 5.91 Å². The molecule has 7 heteroatoms. The van der Waals surface area contributed by atoms with Crippen molar-refractivity contribution in [2.24, 2.45) is 5.73 Å². The Kier molecular flexibility index (Phi) is 6.54. The lowest BCUT2D eigenvalue weighted by Gasteiger charge is -2.24. The second kappa shape index (κ2) is 7.70. The van der Waals surface area contributed by atoms with E-state index in [0.717, 1.165) is 0 Å². The molecule has 1 atom stereocenters. The molecule has 4 nitrogen and oxygen atoms in total. The smallest absolute Gasteiger partial charge is 0.244 e. The summed E-state index contributed by atoms with van der Waals surface area (Å²) in [5.74, 6) is -0.589. The van der Waals surface area contributed by atoms with Crippen LogP contribution in [0.25, 0.3) is 0 Å². The summed E-state index contributed by atoms with van der Waals surface area (Å²) in [5.41, 5.74) is 6.17. The van der Waals surface area contributed by atoms with Crippen LogP contribution in [0.5, 0.6) is 0 Å². The number of nitrogens with two attached hydrogens (primary N) is 1. The third-order valence-corrected chi connectivity index (χ3v) is 4.16. The molecule has 0 aliphatic carbocycles. The van der Waals surface area contributed by atoms with E-state index in [9.17, 15) is 9.18 Å². The van der Waals surface area contributed by atoms with E-state index in [1.165, 1.54) is 6.07 Å². The maximum Gasteiger partial charge on any atom is 0.244 e. The first kappa shape index (κ1) is 17.8. The molecule has 116 valence electrons. The summed E-state index contributed by atoms with van der Waals surface area (Å²) in [6, 6.07) is 2.62. The molecular formula is C14H19BrFN3OS. The fourth-order valence-electron chi connectivity index (χ4n) is 1.96. The highest BCUT2D eigenvalue weighted by Crippen LogP contribution is 2.27. The largest absolute Gasteiger partial charge is 0.389 e. The lowest BCUT2D eigenvalue weighted by atomic mass is 10.1. The number of hydrogen-bond acceptors (Lipinski definition) is 3. The predicted octanol–water partition coefficient (Wildman–Crippen LogP) is 2.89. The highest BCUT2D eigenvalue weighted by Gasteiger charge is 2.20. The first-order valence-electron chi connectivity index (χ1n) is 6.66. The lowest BCUT2D eigenvalue weighted by Crippen LogP contribution is -2.41. The van der Waals surface area contributed by atoms with Gasteiger partial charge < -0.3 is 16.0 Å². The Morgan fingerprint density at radius 2 is 2.05 bits per heavy atom. The van der Waals surface area contributed by atoms with Crippen LogP contribution in [0, 0.1) is 5.82 Å². The summed E-state index contributed by atoms with van der Waals surface area (Å²) in [4.78, 5) is 14.0. The molecule has 1 aromatic rings. The third-order valence-electron chi connectivity index (χ3n) is 3.17. The number of thiocarbonyl (C=S) groups is 1. The molecule has 0 bridgehead atoms. The van der Waals surface area contributed by atoms with E-state index >= 15 is 0 Å². The van der Waals surface area contributed by atoms with Crippen LogP contribution >= 0.6 is 28.1 Å². The lowest BCUT2D eigenvalue weighted by molar-refractivity contribution is -0.131. The summed E-state index contributed by atoms with van der Waals surface area (Å²) in [6.07, 6.45) is 0. The topological polar surface area (TPSA) is 58.4 Å². The number of anilines is 1. The summed E-state index contributed by atoms with van der Waals surface area (Å²) in [6.45, 7) is 6.75. The van der Waals surface area contributed by atoms with Crippen molar-refractivity contribution in [2.45, 2.75) is 26.8 Å². The van der Waals surface area contributed by atoms with E-state index in [0.29, 0.717) is 18.7 Å². The van der Waals surface area contributed by atoms with Crippen molar-refractivity contribution in [1.29, 1.82) is 0 Å². The van der Waals surface area contributed by atoms with Crippen molar-refractivity contribution >= 4 is 44.7 Å². The number of halogens is 2. The van der Waals surface area contributed by atoms with E-state index in [4.69, 9.17) is 18.0 Å². The maximum atomic E-state index is 14.3. The maximum absolute atomic E-state index is 14.3. The Morgan fingerprint density at radius 1 is 1.48 bits per heavy atom. The van der Waals surface area contributed by atoms with Crippen LogP contribution < -0.4 is 11.1 Å². The number of amides is 1. The molecule has 1 rings (SSSR count). The summed E-state index contributed by atoms with van der Waals surface area (Å²) < 4.78 is 14.5. The fourth-order valence-corrected chi connectivity index (χ4v) is 2.82. The molecule has 0 saturated carbocycles. The van der Waals surface area contributed by atoms with Crippen LogP contribution in [0.4, 0.5) is 10.1 Å². The molecule has 3 N–H and O–H groups in total. The molecule has 1 amide bonds. The normalized spacial score (nSPS) is 11.9. The molecule has 0 saturated heterocycles. The van der Waals surface area contributed by atoms with E-state index in [2.05, 4.69) is 21.2 Å². The van der Waals surface area contributed by atoms with Crippen LogP contribution in [-0.4, -0.2) is 34.9 Å². The number of carbonyl (C=O) groups is 1. The second-order valence-electron chi connectivity index (χ2n) is 4.53. The minimum atomic E-state index is -0.526. The quantitative estimate of drug-likeness (QED) is 0.750. The van der Waals surface area contributed by atoms with Gasteiger partial charge in [-0.15, -0.1) is 0 Å². The fraction of sp³-hybridized carbons (Fsp3) is 0.429. The second-order valence-corrected chi connectivity index (χ2v) is 5.76. The SMILES string of the molecule is CCN(CC)C(=O)C(C)Nc1ccc(C(N)=S)c(Br)c1F. The standard InChI is InChI=1S/C14H19BrFN3OS/c1-4-19(5-2)14(20)8(3)18-10-7-6-9(13(17)21)11(15)12(10)16/h6-8,18H,4-5H2,1-3H3,(H2,17,21). The van der Waals surface area contributed by atoms with E-state index < -0.39 is 11.9 Å². The van der Waals surface area contributed by atoms with Gasteiger partial charge in [-0.2, -0.15) is 0 Å². The molecule has 0 aliphatic rings. The van der Waals surface area contributed by atoms with Crippen LogP contribution in [0.2, 0.25) is 0 Å². The van der Waals surface area contributed by atoms with Crippen molar-refractivity contribution in [3.05, 3.63) is 28.0 Å². The number of nitrogens with zero attached hydrogens (tertiary/aromatic N) is 1. The third kappa shape index (κ3) is 4.14. The van der Waals surface area contributed by atoms with Gasteiger partial charge in [-0.25, -0.2) is 4.39 Å². The Bertz CT molecular complexity index is 549. The molecule has 0 aliphatic heterocycles. The van der Waals surface area contributed by atoms with Crippen LogP contribution in [0.15, 0.2) is 16.6 Å². The van der Waals surface area contributed by atoms with Crippen LogP contribution in [0.1, 0.15) is 26.3 Å². The van der Waals surface area contributed by atoms with Gasteiger partial charge in [0.15, 0.2) is 5.82 Å². The van der Waals surface area contributed by atoms with Crippen molar-refractivity contribution in [3.8, 4) is 0 Å². The number of hydrogen-bond donors (Lipinski definition) is 2.